The highest BCUT2D eigenvalue weighted by Gasteiger charge is 2.44. The second-order valence-electron chi connectivity index (χ2n) is 9.15. The Bertz CT molecular complexity index is 1310. The van der Waals surface area contributed by atoms with Crippen LogP contribution in [-0.4, -0.2) is 58.0 Å². The number of hydrogen-bond donors (Lipinski definition) is 4. The van der Waals surface area contributed by atoms with E-state index < -0.39 is 41.5 Å². The highest BCUT2D eigenvalue weighted by molar-refractivity contribution is 6.42. The van der Waals surface area contributed by atoms with Crippen LogP contribution in [0.2, 0.25) is 10.0 Å². The van der Waals surface area contributed by atoms with Crippen LogP contribution in [-0.2, 0) is 25.7 Å². The molecule has 0 radical (unpaired) electrons. The Labute approximate surface area is 241 Å². The molecule has 2 aromatic carbocycles. The molecule has 3 rings (SSSR count). The monoisotopic (exact) mass is 591 g/mol. The topological polar surface area (TPSA) is 145 Å². The van der Waals surface area contributed by atoms with E-state index in [1.165, 1.54) is 11.8 Å². The predicted octanol–water partition coefficient (Wildman–Crippen LogP) is 4.16. The number of benzene rings is 2. The first kappa shape index (κ1) is 30.8. The van der Waals surface area contributed by atoms with E-state index in [9.17, 15) is 29.4 Å². The molecule has 4 N–H and O–H groups in total. The van der Waals surface area contributed by atoms with E-state index in [0.29, 0.717) is 46.4 Å². The van der Waals surface area contributed by atoms with Crippen LogP contribution in [0.3, 0.4) is 0 Å². The number of aliphatic carboxylic acids is 1. The van der Waals surface area contributed by atoms with Crippen LogP contribution >= 0.6 is 23.2 Å². The van der Waals surface area contributed by atoms with Crippen molar-refractivity contribution in [2.24, 2.45) is 0 Å². The number of carbonyl (C=O) groups is 4. The zero-order valence-electron chi connectivity index (χ0n) is 22.1. The SMILES string of the molecule is CCOc1ccccc1C1C(C(=O)NCc2ccc(Cl)c(Cl)c2)=C(O)C(=O)N1CCCC[C@@H](NC(C)=O)C(=O)O. The minimum atomic E-state index is -1.16. The Morgan fingerprint density at radius 3 is 2.48 bits per heavy atom. The van der Waals surface area contributed by atoms with Gasteiger partial charge in [-0.1, -0.05) is 47.5 Å². The second kappa shape index (κ2) is 14.0. The molecule has 2 atom stereocenters. The molecule has 12 heteroatoms. The van der Waals surface area contributed by atoms with Gasteiger partial charge in [-0.05, 0) is 49.9 Å². The first-order valence-corrected chi connectivity index (χ1v) is 13.5. The van der Waals surface area contributed by atoms with Crippen molar-refractivity contribution >= 4 is 46.9 Å². The standard InChI is InChI=1S/C28H31Cl2N3O7/c1-3-40-22-10-5-4-8-18(22)24-23(26(36)31-15-17-11-12-19(29)20(30)14-17)25(35)27(37)33(24)13-7-6-9-21(28(38)39)32-16(2)34/h4-5,8,10-12,14,21,24,35H,3,6-7,9,13,15H2,1-2H3,(H,31,36)(H,32,34)(H,38,39)/t21-,24?/m1/s1. The number of carboxylic acids is 1. The van der Waals surface area contributed by atoms with Crippen molar-refractivity contribution in [3.63, 3.8) is 0 Å². The molecule has 1 aliphatic heterocycles. The fourth-order valence-electron chi connectivity index (χ4n) is 4.49. The Hall–Kier alpha value is -3.76. The van der Waals surface area contributed by atoms with E-state index >= 15 is 0 Å². The maximum atomic E-state index is 13.4. The Morgan fingerprint density at radius 2 is 1.82 bits per heavy atom. The van der Waals surface area contributed by atoms with Gasteiger partial charge >= 0.3 is 5.97 Å². The minimum Gasteiger partial charge on any atom is -0.503 e. The number of carboxylic acid groups (broad SMARTS) is 1. The molecule has 1 aliphatic rings. The summed E-state index contributed by atoms with van der Waals surface area (Å²) in [5, 5.41) is 26.0. The smallest absolute Gasteiger partial charge is 0.326 e. The molecule has 0 aliphatic carbocycles. The van der Waals surface area contributed by atoms with Gasteiger partial charge in [0.15, 0.2) is 5.76 Å². The van der Waals surface area contributed by atoms with E-state index in [1.807, 2.05) is 0 Å². The molecule has 2 aromatic rings. The van der Waals surface area contributed by atoms with E-state index in [-0.39, 0.29) is 25.1 Å². The fourth-order valence-corrected chi connectivity index (χ4v) is 4.81. The number of amides is 3. The predicted molar refractivity (Wildman–Crippen MR) is 149 cm³/mol. The molecule has 0 saturated heterocycles. The van der Waals surface area contributed by atoms with Crippen molar-refractivity contribution in [1.29, 1.82) is 0 Å². The molecule has 0 bridgehead atoms. The molecule has 0 spiro atoms. The molecule has 40 heavy (non-hydrogen) atoms. The van der Waals surface area contributed by atoms with Gasteiger partial charge in [0.1, 0.15) is 11.8 Å². The van der Waals surface area contributed by atoms with E-state index in [0.717, 1.165) is 0 Å². The zero-order chi connectivity index (χ0) is 29.4. The lowest BCUT2D eigenvalue weighted by atomic mass is 9.97. The lowest BCUT2D eigenvalue weighted by Gasteiger charge is -2.28. The number of hydrogen-bond acceptors (Lipinski definition) is 6. The van der Waals surface area contributed by atoms with E-state index in [2.05, 4.69) is 10.6 Å². The van der Waals surface area contributed by atoms with Crippen LogP contribution in [0.15, 0.2) is 53.8 Å². The number of aliphatic hydroxyl groups excluding tert-OH is 1. The van der Waals surface area contributed by atoms with Crippen molar-refractivity contribution < 1.29 is 34.1 Å². The third-order valence-electron chi connectivity index (χ3n) is 6.32. The third-order valence-corrected chi connectivity index (χ3v) is 7.06. The van der Waals surface area contributed by atoms with Gasteiger partial charge in [-0.25, -0.2) is 4.79 Å². The summed E-state index contributed by atoms with van der Waals surface area (Å²) in [4.78, 5) is 50.8. The number of para-hydroxylation sites is 1. The van der Waals surface area contributed by atoms with Gasteiger partial charge < -0.3 is 30.5 Å². The lowest BCUT2D eigenvalue weighted by Crippen LogP contribution is -2.39. The summed E-state index contributed by atoms with van der Waals surface area (Å²) in [7, 11) is 0. The lowest BCUT2D eigenvalue weighted by molar-refractivity contribution is -0.141. The number of carbonyl (C=O) groups excluding carboxylic acids is 3. The first-order valence-electron chi connectivity index (χ1n) is 12.7. The quantitative estimate of drug-likeness (QED) is 0.256. The van der Waals surface area contributed by atoms with Crippen LogP contribution in [0.5, 0.6) is 5.75 Å². The summed E-state index contributed by atoms with van der Waals surface area (Å²) >= 11 is 12.0. The van der Waals surface area contributed by atoms with Crippen molar-refractivity contribution in [2.75, 3.05) is 13.2 Å². The molecule has 1 heterocycles. The van der Waals surface area contributed by atoms with Gasteiger partial charge in [-0.15, -0.1) is 0 Å². The summed E-state index contributed by atoms with van der Waals surface area (Å²) in [5.74, 6) is -3.21. The Balaban J connectivity index is 1.84. The molecule has 1 unspecified atom stereocenters. The highest BCUT2D eigenvalue weighted by Crippen LogP contribution is 2.41. The maximum absolute atomic E-state index is 13.4. The maximum Gasteiger partial charge on any atom is 0.326 e. The van der Waals surface area contributed by atoms with E-state index in [4.69, 9.17) is 27.9 Å². The van der Waals surface area contributed by atoms with Crippen LogP contribution < -0.4 is 15.4 Å². The molecule has 0 aromatic heterocycles. The number of nitrogens with zero attached hydrogens (tertiary/aromatic N) is 1. The fraction of sp³-hybridized carbons (Fsp3) is 0.357. The first-order chi connectivity index (χ1) is 19.0. The summed E-state index contributed by atoms with van der Waals surface area (Å²) in [6.45, 7) is 3.57. The summed E-state index contributed by atoms with van der Waals surface area (Å²) in [6, 6.07) is 9.84. The Morgan fingerprint density at radius 1 is 1.10 bits per heavy atom. The average molecular weight is 592 g/mol. The van der Waals surface area contributed by atoms with Gasteiger partial charge in [0.05, 0.1) is 28.3 Å². The van der Waals surface area contributed by atoms with Crippen LogP contribution in [0, 0.1) is 0 Å². The number of unbranched alkanes of at least 4 members (excludes halogenated alkanes) is 1. The third kappa shape index (κ3) is 7.45. The van der Waals surface area contributed by atoms with Crippen molar-refractivity contribution in [3.05, 3.63) is 75.0 Å². The molecular weight excluding hydrogens is 561 g/mol. The molecule has 0 fully saturated rings. The Kier molecular flexibility index (Phi) is 10.8. The molecule has 3 amide bonds. The van der Waals surface area contributed by atoms with Crippen LogP contribution in [0.1, 0.15) is 50.3 Å². The second-order valence-corrected chi connectivity index (χ2v) is 9.97. The van der Waals surface area contributed by atoms with Gasteiger partial charge in [0.25, 0.3) is 11.8 Å². The molecule has 10 nitrogen and oxygen atoms in total. The van der Waals surface area contributed by atoms with Gasteiger partial charge in [0.2, 0.25) is 5.91 Å². The largest absolute Gasteiger partial charge is 0.503 e. The van der Waals surface area contributed by atoms with Gasteiger partial charge in [-0.3, -0.25) is 14.4 Å². The minimum absolute atomic E-state index is 0.0697. The number of nitrogens with one attached hydrogen (secondary N) is 2. The summed E-state index contributed by atoms with van der Waals surface area (Å²) < 4.78 is 5.76. The summed E-state index contributed by atoms with van der Waals surface area (Å²) in [6.07, 6.45) is 0.863. The number of halogens is 2. The van der Waals surface area contributed by atoms with Crippen molar-refractivity contribution in [3.8, 4) is 5.75 Å². The van der Waals surface area contributed by atoms with Crippen molar-refractivity contribution in [2.45, 2.75) is 51.7 Å². The molecular formula is C28H31Cl2N3O7. The number of ether oxygens (including phenoxy) is 1. The average Bonchev–Trinajstić information content (AvgIpc) is 3.16. The van der Waals surface area contributed by atoms with E-state index in [1.54, 1.807) is 49.4 Å². The molecule has 214 valence electrons. The number of aliphatic hydroxyl groups is 1. The molecule has 0 saturated carbocycles. The van der Waals surface area contributed by atoms with Crippen molar-refractivity contribution in [1.82, 2.24) is 15.5 Å². The van der Waals surface area contributed by atoms with Gasteiger partial charge in [-0.2, -0.15) is 0 Å². The number of rotatable bonds is 13. The van der Waals surface area contributed by atoms with Gasteiger partial charge in [0, 0.05) is 25.6 Å². The van der Waals surface area contributed by atoms with Crippen LogP contribution in [0.25, 0.3) is 0 Å². The normalized spacial score (nSPS) is 15.7. The summed E-state index contributed by atoms with van der Waals surface area (Å²) in [5.41, 5.74) is 1.06. The zero-order valence-corrected chi connectivity index (χ0v) is 23.6. The van der Waals surface area contributed by atoms with Crippen LogP contribution in [0.4, 0.5) is 0 Å². The highest BCUT2D eigenvalue weighted by atomic mass is 35.5.